The SMILES string of the molecule is COCCOCOc1ccc(C(=O)NN)cc1OCOCCOC. The van der Waals surface area contributed by atoms with E-state index in [2.05, 4.69) is 5.43 Å². The van der Waals surface area contributed by atoms with Crippen LogP contribution in [0.25, 0.3) is 0 Å². The first-order valence-corrected chi connectivity index (χ1v) is 7.26. The van der Waals surface area contributed by atoms with Crippen molar-refractivity contribution in [1.29, 1.82) is 0 Å². The summed E-state index contributed by atoms with van der Waals surface area (Å²) in [6.45, 7) is 1.71. The van der Waals surface area contributed by atoms with Crippen LogP contribution in [0.1, 0.15) is 10.4 Å². The number of methoxy groups -OCH3 is 2. The summed E-state index contributed by atoms with van der Waals surface area (Å²) in [5.41, 5.74) is 2.39. The van der Waals surface area contributed by atoms with Crippen LogP contribution in [0.2, 0.25) is 0 Å². The second-order valence-electron chi connectivity index (χ2n) is 4.46. The molecule has 3 N–H and O–H groups in total. The molecule has 0 bridgehead atoms. The number of hydrogen-bond acceptors (Lipinski definition) is 8. The summed E-state index contributed by atoms with van der Waals surface area (Å²) in [4.78, 5) is 11.6. The van der Waals surface area contributed by atoms with Gasteiger partial charge in [0.2, 0.25) is 0 Å². The fraction of sp³-hybridized carbons (Fsp3) is 0.533. The molecule has 0 aliphatic carbocycles. The molecule has 1 aromatic rings. The number of nitrogens with one attached hydrogen (secondary N) is 1. The molecule has 0 saturated heterocycles. The van der Waals surface area contributed by atoms with E-state index in [4.69, 9.17) is 34.3 Å². The average molecular weight is 344 g/mol. The Balaban J connectivity index is 2.63. The van der Waals surface area contributed by atoms with Crippen LogP contribution >= 0.6 is 0 Å². The van der Waals surface area contributed by atoms with Crippen molar-refractivity contribution in [3.63, 3.8) is 0 Å². The quantitative estimate of drug-likeness (QED) is 0.173. The molecule has 24 heavy (non-hydrogen) atoms. The zero-order chi connectivity index (χ0) is 17.6. The predicted octanol–water partition coefficient (Wildman–Crippen LogP) is 0.289. The Labute approximate surface area is 140 Å². The summed E-state index contributed by atoms with van der Waals surface area (Å²) in [6.07, 6.45) is 0. The van der Waals surface area contributed by atoms with Gasteiger partial charge in [0, 0.05) is 19.8 Å². The van der Waals surface area contributed by atoms with Gasteiger partial charge in [0.1, 0.15) is 0 Å². The van der Waals surface area contributed by atoms with E-state index in [0.29, 0.717) is 43.5 Å². The highest BCUT2D eigenvalue weighted by Gasteiger charge is 2.11. The lowest BCUT2D eigenvalue weighted by atomic mass is 10.2. The highest BCUT2D eigenvalue weighted by molar-refractivity contribution is 5.94. The monoisotopic (exact) mass is 344 g/mol. The maximum atomic E-state index is 11.6. The number of benzene rings is 1. The Bertz CT molecular complexity index is 485. The first-order valence-electron chi connectivity index (χ1n) is 7.26. The third-order valence-electron chi connectivity index (χ3n) is 2.80. The van der Waals surface area contributed by atoms with Crippen molar-refractivity contribution in [2.45, 2.75) is 0 Å². The largest absolute Gasteiger partial charge is 0.464 e. The molecule has 0 aliphatic heterocycles. The summed E-state index contributed by atoms with van der Waals surface area (Å²) in [6, 6.07) is 4.66. The topological polar surface area (TPSA) is 111 Å². The number of hydrogen-bond donors (Lipinski definition) is 2. The van der Waals surface area contributed by atoms with E-state index >= 15 is 0 Å². The summed E-state index contributed by atoms with van der Waals surface area (Å²) >= 11 is 0. The summed E-state index contributed by atoms with van der Waals surface area (Å²) in [7, 11) is 3.16. The molecular formula is C15H24N2O7. The second-order valence-corrected chi connectivity index (χ2v) is 4.46. The van der Waals surface area contributed by atoms with Gasteiger partial charge in [0.05, 0.1) is 26.4 Å². The molecule has 9 nitrogen and oxygen atoms in total. The molecule has 1 aromatic carbocycles. The lowest BCUT2D eigenvalue weighted by Gasteiger charge is -2.14. The highest BCUT2D eigenvalue weighted by Crippen LogP contribution is 2.28. The van der Waals surface area contributed by atoms with Gasteiger partial charge >= 0.3 is 0 Å². The van der Waals surface area contributed by atoms with Gasteiger partial charge < -0.3 is 28.4 Å². The Hall–Kier alpha value is -1.91. The van der Waals surface area contributed by atoms with Crippen molar-refractivity contribution >= 4 is 5.91 Å². The first-order chi connectivity index (χ1) is 11.7. The van der Waals surface area contributed by atoms with Gasteiger partial charge in [-0.25, -0.2) is 5.84 Å². The van der Waals surface area contributed by atoms with Crippen LogP contribution in [0, 0.1) is 0 Å². The van der Waals surface area contributed by atoms with Crippen molar-refractivity contribution in [3.05, 3.63) is 23.8 Å². The Morgan fingerprint density at radius 2 is 1.54 bits per heavy atom. The smallest absolute Gasteiger partial charge is 0.265 e. The predicted molar refractivity (Wildman–Crippen MR) is 84.7 cm³/mol. The van der Waals surface area contributed by atoms with E-state index in [0.717, 1.165) is 0 Å². The molecule has 0 fully saturated rings. The van der Waals surface area contributed by atoms with E-state index in [1.165, 1.54) is 6.07 Å². The van der Waals surface area contributed by atoms with Crippen LogP contribution < -0.4 is 20.7 Å². The molecule has 0 heterocycles. The molecule has 0 radical (unpaired) electrons. The molecule has 1 rings (SSSR count). The van der Waals surface area contributed by atoms with Gasteiger partial charge in [-0.15, -0.1) is 0 Å². The normalized spacial score (nSPS) is 10.5. The van der Waals surface area contributed by atoms with Gasteiger partial charge in [0.15, 0.2) is 25.1 Å². The van der Waals surface area contributed by atoms with Crippen LogP contribution in [0.3, 0.4) is 0 Å². The van der Waals surface area contributed by atoms with Gasteiger partial charge in [-0.05, 0) is 18.2 Å². The number of carbonyl (C=O) groups excluding carboxylic acids is 1. The van der Waals surface area contributed by atoms with E-state index in [1.807, 2.05) is 0 Å². The lowest BCUT2D eigenvalue weighted by Crippen LogP contribution is -2.30. The van der Waals surface area contributed by atoms with Crippen LogP contribution in [-0.2, 0) is 18.9 Å². The Kier molecular flexibility index (Phi) is 10.5. The molecule has 136 valence electrons. The van der Waals surface area contributed by atoms with Crippen molar-refractivity contribution in [3.8, 4) is 11.5 Å². The third-order valence-corrected chi connectivity index (χ3v) is 2.80. The maximum Gasteiger partial charge on any atom is 0.265 e. The summed E-state index contributed by atoms with van der Waals surface area (Å²) in [5, 5.41) is 0. The molecule has 0 saturated carbocycles. The first kappa shape index (κ1) is 20.1. The van der Waals surface area contributed by atoms with Crippen LogP contribution in [0.15, 0.2) is 18.2 Å². The number of nitrogens with two attached hydrogens (primary N) is 1. The molecule has 0 atom stereocenters. The van der Waals surface area contributed by atoms with E-state index in [1.54, 1.807) is 26.4 Å². The van der Waals surface area contributed by atoms with Crippen molar-refractivity contribution in [1.82, 2.24) is 5.43 Å². The molecule has 9 heteroatoms. The van der Waals surface area contributed by atoms with Crippen molar-refractivity contribution in [2.24, 2.45) is 5.84 Å². The molecular weight excluding hydrogens is 320 g/mol. The number of nitrogen functional groups attached to an aromatic ring is 1. The Morgan fingerprint density at radius 3 is 2.08 bits per heavy atom. The minimum absolute atomic E-state index is 0.0159. The number of carbonyl (C=O) groups is 1. The molecule has 0 aliphatic rings. The fourth-order valence-corrected chi connectivity index (χ4v) is 1.58. The van der Waals surface area contributed by atoms with E-state index in [-0.39, 0.29) is 13.6 Å². The minimum Gasteiger partial charge on any atom is -0.464 e. The summed E-state index contributed by atoms with van der Waals surface area (Å²) in [5.74, 6) is 5.44. The molecule has 0 spiro atoms. The van der Waals surface area contributed by atoms with Crippen molar-refractivity contribution < 1.29 is 33.2 Å². The molecule has 1 amide bonds. The van der Waals surface area contributed by atoms with Crippen molar-refractivity contribution in [2.75, 3.05) is 54.2 Å². The van der Waals surface area contributed by atoms with E-state index in [9.17, 15) is 4.79 Å². The zero-order valence-electron chi connectivity index (χ0n) is 13.9. The average Bonchev–Trinajstić information content (AvgIpc) is 2.61. The van der Waals surface area contributed by atoms with Crippen LogP contribution in [-0.4, -0.2) is 60.1 Å². The standard InChI is InChI=1S/C15H24N2O7/c1-19-5-7-21-10-23-13-4-3-12(15(18)17-16)9-14(13)24-11-22-8-6-20-2/h3-4,9H,5-8,10-11,16H2,1-2H3,(H,17,18). The minimum atomic E-state index is -0.442. The van der Waals surface area contributed by atoms with Crippen LogP contribution in [0.4, 0.5) is 0 Å². The second kappa shape index (κ2) is 12.5. The zero-order valence-corrected chi connectivity index (χ0v) is 13.9. The third kappa shape index (κ3) is 7.57. The fourth-order valence-electron chi connectivity index (χ4n) is 1.58. The maximum absolute atomic E-state index is 11.6. The number of hydrazine groups is 1. The number of ether oxygens (including phenoxy) is 6. The number of amides is 1. The lowest BCUT2D eigenvalue weighted by molar-refractivity contribution is -0.0207. The van der Waals surface area contributed by atoms with Gasteiger partial charge in [-0.2, -0.15) is 0 Å². The van der Waals surface area contributed by atoms with E-state index < -0.39 is 5.91 Å². The highest BCUT2D eigenvalue weighted by atomic mass is 16.7. The van der Waals surface area contributed by atoms with Gasteiger partial charge in [-0.3, -0.25) is 10.2 Å². The molecule has 0 aromatic heterocycles. The van der Waals surface area contributed by atoms with Crippen LogP contribution in [0.5, 0.6) is 11.5 Å². The number of rotatable bonds is 13. The molecule has 0 unspecified atom stereocenters. The summed E-state index contributed by atoms with van der Waals surface area (Å²) < 4.78 is 31.2. The van der Waals surface area contributed by atoms with Gasteiger partial charge in [-0.1, -0.05) is 0 Å². The Morgan fingerprint density at radius 1 is 0.958 bits per heavy atom. The van der Waals surface area contributed by atoms with Gasteiger partial charge in [0.25, 0.3) is 5.91 Å².